The van der Waals surface area contributed by atoms with Gasteiger partial charge < -0.3 is 10.4 Å². The molecule has 2 nitrogen and oxygen atoms in total. The Hall–Kier alpha value is -1.02. The fraction of sp³-hybridized carbons (Fsp3) is 0.538. The van der Waals surface area contributed by atoms with E-state index in [1.54, 1.807) is 12.1 Å². The zero-order chi connectivity index (χ0) is 10.5. The lowest BCUT2D eigenvalue weighted by Gasteiger charge is -2.10. The number of nitrogens with one attached hydrogen (secondary N) is 1. The van der Waals surface area contributed by atoms with Gasteiger partial charge >= 0.3 is 0 Å². The molecule has 1 fully saturated rings. The van der Waals surface area contributed by atoms with Crippen LogP contribution in [0.2, 0.25) is 0 Å². The number of benzene rings is 1. The number of rotatable bonds is 4. The van der Waals surface area contributed by atoms with Crippen molar-refractivity contribution in [3.63, 3.8) is 0 Å². The molecule has 2 heteroatoms. The van der Waals surface area contributed by atoms with Gasteiger partial charge in [-0.1, -0.05) is 25.0 Å². The van der Waals surface area contributed by atoms with Gasteiger partial charge in [0.25, 0.3) is 0 Å². The highest BCUT2D eigenvalue weighted by molar-refractivity contribution is 5.25. The number of aromatic hydroxyl groups is 1. The Labute approximate surface area is 91.3 Å². The lowest BCUT2D eigenvalue weighted by atomic mass is 10.1. The number of phenolic OH excluding ortho intramolecular Hbond substituents is 1. The van der Waals surface area contributed by atoms with Gasteiger partial charge in [0.05, 0.1) is 0 Å². The van der Waals surface area contributed by atoms with E-state index in [4.69, 9.17) is 5.11 Å². The molecule has 0 radical (unpaired) electrons. The van der Waals surface area contributed by atoms with Crippen molar-refractivity contribution in [1.82, 2.24) is 5.32 Å². The van der Waals surface area contributed by atoms with Gasteiger partial charge in [-0.15, -0.1) is 0 Å². The molecule has 0 heterocycles. The molecule has 0 aliphatic heterocycles. The van der Waals surface area contributed by atoms with Gasteiger partial charge in [0, 0.05) is 6.54 Å². The van der Waals surface area contributed by atoms with E-state index in [1.165, 1.54) is 31.2 Å². The van der Waals surface area contributed by atoms with Crippen molar-refractivity contribution in [3.05, 3.63) is 29.8 Å². The topological polar surface area (TPSA) is 32.3 Å². The van der Waals surface area contributed by atoms with Crippen LogP contribution < -0.4 is 5.32 Å². The van der Waals surface area contributed by atoms with Crippen LogP contribution in [0.3, 0.4) is 0 Å². The van der Waals surface area contributed by atoms with Gasteiger partial charge in [-0.3, -0.25) is 0 Å². The second-order valence-corrected chi connectivity index (χ2v) is 4.45. The SMILES string of the molecule is Oc1ccc(CNCC2CCCC2)cc1. The van der Waals surface area contributed by atoms with Gasteiger partial charge in [0.15, 0.2) is 0 Å². The van der Waals surface area contributed by atoms with Gasteiger partial charge in [-0.2, -0.15) is 0 Å². The normalized spacial score (nSPS) is 17.1. The predicted octanol–water partition coefficient (Wildman–Crippen LogP) is 2.67. The van der Waals surface area contributed by atoms with E-state index in [1.807, 2.05) is 12.1 Å². The highest BCUT2D eigenvalue weighted by Crippen LogP contribution is 2.23. The Kier molecular flexibility index (Phi) is 3.62. The zero-order valence-electron chi connectivity index (χ0n) is 9.08. The van der Waals surface area contributed by atoms with Crippen molar-refractivity contribution >= 4 is 0 Å². The summed E-state index contributed by atoms with van der Waals surface area (Å²) >= 11 is 0. The van der Waals surface area contributed by atoms with Gasteiger partial charge in [-0.05, 0) is 43.0 Å². The van der Waals surface area contributed by atoms with E-state index in [9.17, 15) is 0 Å². The van der Waals surface area contributed by atoms with Crippen molar-refractivity contribution in [2.24, 2.45) is 5.92 Å². The predicted molar refractivity (Wildman–Crippen MR) is 61.8 cm³/mol. The highest BCUT2D eigenvalue weighted by Gasteiger charge is 2.13. The van der Waals surface area contributed by atoms with Crippen molar-refractivity contribution in [1.29, 1.82) is 0 Å². The van der Waals surface area contributed by atoms with Crippen LogP contribution in [0.4, 0.5) is 0 Å². The molecule has 2 rings (SSSR count). The van der Waals surface area contributed by atoms with Crippen LogP contribution in [0.1, 0.15) is 31.2 Å². The molecule has 1 aromatic carbocycles. The summed E-state index contributed by atoms with van der Waals surface area (Å²) in [6.45, 7) is 2.05. The first-order valence-electron chi connectivity index (χ1n) is 5.83. The van der Waals surface area contributed by atoms with E-state index in [-0.39, 0.29) is 0 Å². The molecule has 0 bridgehead atoms. The first-order valence-corrected chi connectivity index (χ1v) is 5.83. The fourth-order valence-corrected chi connectivity index (χ4v) is 2.25. The maximum absolute atomic E-state index is 9.13. The Morgan fingerprint density at radius 1 is 1.13 bits per heavy atom. The molecule has 1 aliphatic rings. The Morgan fingerprint density at radius 2 is 1.80 bits per heavy atom. The molecule has 0 atom stereocenters. The first-order chi connectivity index (χ1) is 7.34. The van der Waals surface area contributed by atoms with Crippen LogP contribution in [0.25, 0.3) is 0 Å². The van der Waals surface area contributed by atoms with Crippen molar-refractivity contribution in [2.45, 2.75) is 32.2 Å². The minimum Gasteiger partial charge on any atom is -0.508 e. The van der Waals surface area contributed by atoms with Crippen molar-refractivity contribution in [3.8, 4) is 5.75 Å². The molecule has 82 valence electrons. The summed E-state index contributed by atoms with van der Waals surface area (Å²) in [7, 11) is 0. The van der Waals surface area contributed by atoms with Crippen LogP contribution in [0.5, 0.6) is 5.75 Å². The summed E-state index contributed by atoms with van der Waals surface area (Å²) in [6.07, 6.45) is 5.60. The summed E-state index contributed by atoms with van der Waals surface area (Å²) in [5.74, 6) is 1.23. The lowest BCUT2D eigenvalue weighted by Crippen LogP contribution is -2.20. The summed E-state index contributed by atoms with van der Waals surface area (Å²) in [4.78, 5) is 0. The molecule has 0 amide bonds. The molecule has 0 spiro atoms. The fourth-order valence-electron chi connectivity index (χ4n) is 2.25. The van der Waals surface area contributed by atoms with E-state index in [2.05, 4.69) is 5.32 Å². The summed E-state index contributed by atoms with van der Waals surface area (Å²) in [5, 5.41) is 12.6. The van der Waals surface area contributed by atoms with Crippen molar-refractivity contribution < 1.29 is 5.11 Å². The Bertz CT molecular complexity index is 288. The molecule has 1 aliphatic carbocycles. The summed E-state index contributed by atoms with van der Waals surface area (Å²) < 4.78 is 0. The van der Waals surface area contributed by atoms with E-state index in [0.29, 0.717) is 5.75 Å². The minimum absolute atomic E-state index is 0.342. The average molecular weight is 205 g/mol. The smallest absolute Gasteiger partial charge is 0.115 e. The number of hydrogen-bond acceptors (Lipinski definition) is 2. The highest BCUT2D eigenvalue weighted by atomic mass is 16.3. The largest absolute Gasteiger partial charge is 0.508 e. The van der Waals surface area contributed by atoms with E-state index in [0.717, 1.165) is 19.0 Å². The Balaban J connectivity index is 1.71. The van der Waals surface area contributed by atoms with Gasteiger partial charge in [0.2, 0.25) is 0 Å². The maximum Gasteiger partial charge on any atom is 0.115 e. The average Bonchev–Trinajstić information content (AvgIpc) is 2.74. The quantitative estimate of drug-likeness (QED) is 0.792. The number of hydrogen-bond donors (Lipinski definition) is 2. The molecule has 0 unspecified atom stereocenters. The third kappa shape index (κ3) is 3.24. The molecule has 1 aromatic rings. The molecule has 0 aromatic heterocycles. The Morgan fingerprint density at radius 3 is 2.47 bits per heavy atom. The van der Waals surface area contributed by atoms with Gasteiger partial charge in [0.1, 0.15) is 5.75 Å². The molecular formula is C13H19NO. The molecule has 15 heavy (non-hydrogen) atoms. The van der Waals surface area contributed by atoms with Gasteiger partial charge in [-0.25, -0.2) is 0 Å². The molecular weight excluding hydrogens is 186 g/mol. The summed E-state index contributed by atoms with van der Waals surface area (Å²) in [6, 6.07) is 7.42. The molecule has 0 saturated heterocycles. The second kappa shape index (κ2) is 5.17. The minimum atomic E-state index is 0.342. The third-order valence-electron chi connectivity index (χ3n) is 3.17. The second-order valence-electron chi connectivity index (χ2n) is 4.45. The summed E-state index contributed by atoms with van der Waals surface area (Å²) in [5.41, 5.74) is 1.24. The van der Waals surface area contributed by atoms with E-state index < -0.39 is 0 Å². The lowest BCUT2D eigenvalue weighted by molar-refractivity contribution is 0.473. The maximum atomic E-state index is 9.13. The van der Waals surface area contributed by atoms with Crippen LogP contribution in [0.15, 0.2) is 24.3 Å². The van der Waals surface area contributed by atoms with Crippen molar-refractivity contribution in [2.75, 3.05) is 6.54 Å². The van der Waals surface area contributed by atoms with Crippen LogP contribution in [0, 0.1) is 5.92 Å². The van der Waals surface area contributed by atoms with Crippen LogP contribution in [-0.4, -0.2) is 11.7 Å². The van der Waals surface area contributed by atoms with Crippen LogP contribution in [-0.2, 0) is 6.54 Å². The monoisotopic (exact) mass is 205 g/mol. The zero-order valence-corrected chi connectivity index (χ0v) is 9.08. The molecule has 2 N–H and O–H groups in total. The molecule has 1 saturated carbocycles. The number of phenols is 1. The standard InChI is InChI=1S/C13H19NO/c15-13-7-5-12(6-8-13)10-14-9-11-3-1-2-4-11/h5-8,11,14-15H,1-4,9-10H2. The first kappa shape index (κ1) is 10.5. The third-order valence-corrected chi connectivity index (χ3v) is 3.17. The van der Waals surface area contributed by atoms with Crippen LogP contribution >= 0.6 is 0 Å². The van der Waals surface area contributed by atoms with E-state index >= 15 is 0 Å².